The monoisotopic (exact) mass is 462 g/mol. The molecule has 0 bridgehead atoms. The Bertz CT molecular complexity index is 840. The molecule has 4 heterocycles. The van der Waals surface area contributed by atoms with E-state index in [4.69, 9.17) is 4.74 Å². The third-order valence-corrected chi connectivity index (χ3v) is 9.19. The van der Waals surface area contributed by atoms with Gasteiger partial charge in [-0.15, -0.1) is 11.8 Å². The lowest BCUT2D eigenvalue weighted by molar-refractivity contribution is -0.154. The number of amides is 2. The molecule has 0 aliphatic carbocycles. The van der Waals surface area contributed by atoms with Crippen molar-refractivity contribution in [3.63, 3.8) is 0 Å². The minimum atomic E-state index is -0.870. The number of nitrogens with zero attached hydrogens (tertiary/aromatic N) is 2. The summed E-state index contributed by atoms with van der Waals surface area (Å²) in [6.45, 7) is 7.17. The number of hydrogen-bond donors (Lipinski definition) is 1. The van der Waals surface area contributed by atoms with Crippen LogP contribution in [0.3, 0.4) is 0 Å². The molecule has 176 valence electrons. The van der Waals surface area contributed by atoms with Gasteiger partial charge in [0, 0.05) is 17.8 Å². The first-order valence-electron chi connectivity index (χ1n) is 11.8. The van der Waals surface area contributed by atoms with E-state index in [0.29, 0.717) is 32.5 Å². The molecule has 4 rings (SSSR count). The lowest BCUT2D eigenvalue weighted by Crippen LogP contribution is -2.56. The van der Waals surface area contributed by atoms with Crippen LogP contribution >= 0.6 is 11.8 Å². The quantitative estimate of drug-likeness (QED) is 0.481. The molecule has 1 N–H and O–H groups in total. The molecule has 1 spiro atoms. The van der Waals surface area contributed by atoms with E-state index in [9.17, 15) is 19.5 Å². The molecule has 4 aliphatic heterocycles. The number of ether oxygens (including phenoxy) is 1. The summed E-state index contributed by atoms with van der Waals surface area (Å²) in [5, 5.41) is 10.1. The van der Waals surface area contributed by atoms with Crippen molar-refractivity contribution < 1.29 is 24.2 Å². The Hall–Kier alpha value is -1.80. The minimum Gasteiger partial charge on any atom is -0.465 e. The number of carbonyl (C=O) groups excluding carboxylic acids is 3. The van der Waals surface area contributed by atoms with Crippen LogP contribution in [0.15, 0.2) is 24.3 Å². The Balaban J connectivity index is 1.87. The highest BCUT2D eigenvalue weighted by Crippen LogP contribution is 2.65. The number of aliphatic hydroxyl groups excluding tert-OH is 1. The van der Waals surface area contributed by atoms with Crippen LogP contribution in [0.25, 0.3) is 0 Å². The molecule has 4 aliphatic rings. The van der Waals surface area contributed by atoms with Crippen LogP contribution in [0.1, 0.15) is 46.5 Å². The molecule has 0 aromatic heterocycles. The predicted octanol–water partition coefficient (Wildman–Crippen LogP) is 2.15. The second-order valence-corrected chi connectivity index (χ2v) is 11.2. The van der Waals surface area contributed by atoms with Crippen molar-refractivity contribution in [1.29, 1.82) is 0 Å². The summed E-state index contributed by atoms with van der Waals surface area (Å²) in [4.78, 5) is 44.6. The minimum absolute atomic E-state index is 0.0890. The molecular weight excluding hydrogens is 428 g/mol. The van der Waals surface area contributed by atoms with Crippen molar-refractivity contribution in [3.05, 3.63) is 24.3 Å². The van der Waals surface area contributed by atoms with Crippen molar-refractivity contribution in [1.82, 2.24) is 9.80 Å². The lowest BCUT2D eigenvalue weighted by atomic mass is 9.74. The summed E-state index contributed by atoms with van der Waals surface area (Å²) in [7, 11) is 0. The molecule has 1 unspecified atom stereocenters. The molecule has 8 heteroatoms. The summed E-state index contributed by atoms with van der Waals surface area (Å²) in [6, 6.07) is -1.21. The van der Waals surface area contributed by atoms with Gasteiger partial charge in [0.05, 0.1) is 35.8 Å². The standard InChI is InChI=1S/C24H34N2O5S/c1-4-6-12-25-13-9-11-24-17(18-22(30)31-14-8-7-10-23(18,3)32-24)20(28)26(16(5-2)15-27)19(24)21(25)29/h7,9-11,16-19,27H,4-6,8,12-15H2,1-3H3/t16-,17-,18+,19?,23-,24-/m0/s1. The summed E-state index contributed by atoms with van der Waals surface area (Å²) in [6.07, 6.45) is 11.1. The number of rotatable bonds is 6. The number of cyclic esters (lactones) is 1. The molecule has 7 nitrogen and oxygen atoms in total. The fraction of sp³-hybridized carbons (Fsp3) is 0.708. The van der Waals surface area contributed by atoms with E-state index in [1.165, 1.54) is 0 Å². The van der Waals surface area contributed by atoms with Gasteiger partial charge < -0.3 is 19.6 Å². The topological polar surface area (TPSA) is 87.2 Å². The maximum Gasteiger partial charge on any atom is 0.311 e. The smallest absolute Gasteiger partial charge is 0.311 e. The van der Waals surface area contributed by atoms with E-state index in [1.54, 1.807) is 16.7 Å². The first-order chi connectivity index (χ1) is 15.3. The van der Waals surface area contributed by atoms with Crippen molar-refractivity contribution >= 4 is 29.5 Å². The first-order valence-corrected chi connectivity index (χ1v) is 12.6. The van der Waals surface area contributed by atoms with E-state index >= 15 is 0 Å². The Morgan fingerprint density at radius 3 is 2.66 bits per heavy atom. The number of carbonyl (C=O) groups is 3. The maximum absolute atomic E-state index is 14.0. The largest absolute Gasteiger partial charge is 0.465 e. The van der Waals surface area contributed by atoms with Gasteiger partial charge in [-0.3, -0.25) is 14.4 Å². The Kier molecular flexibility index (Phi) is 6.47. The van der Waals surface area contributed by atoms with Crippen LogP contribution in [0.4, 0.5) is 0 Å². The third-order valence-electron chi connectivity index (χ3n) is 7.40. The zero-order chi connectivity index (χ0) is 23.1. The Morgan fingerprint density at radius 1 is 1.19 bits per heavy atom. The number of fused-ring (bicyclic) bond motifs is 2. The number of unbranched alkanes of at least 4 members (excludes halogenated alkanes) is 1. The van der Waals surface area contributed by atoms with E-state index in [1.807, 2.05) is 43.1 Å². The number of aliphatic hydroxyl groups is 1. The van der Waals surface area contributed by atoms with E-state index < -0.39 is 33.4 Å². The van der Waals surface area contributed by atoms with Gasteiger partial charge in [-0.2, -0.15) is 0 Å². The van der Waals surface area contributed by atoms with Crippen LogP contribution in [-0.2, 0) is 19.1 Å². The molecule has 32 heavy (non-hydrogen) atoms. The number of likely N-dealkylation sites (tertiary alicyclic amines) is 1. The van der Waals surface area contributed by atoms with Gasteiger partial charge in [-0.25, -0.2) is 0 Å². The summed E-state index contributed by atoms with van der Waals surface area (Å²) in [5.74, 6) is -2.07. The lowest BCUT2D eigenvalue weighted by Gasteiger charge is -2.39. The highest BCUT2D eigenvalue weighted by molar-refractivity contribution is 8.02. The van der Waals surface area contributed by atoms with Crippen molar-refractivity contribution in [2.45, 2.75) is 68.0 Å². The molecule has 6 atom stereocenters. The fourth-order valence-electron chi connectivity index (χ4n) is 5.83. The van der Waals surface area contributed by atoms with Gasteiger partial charge in [0.1, 0.15) is 6.04 Å². The predicted molar refractivity (Wildman–Crippen MR) is 123 cm³/mol. The average molecular weight is 463 g/mol. The van der Waals surface area contributed by atoms with Crippen molar-refractivity contribution in [2.75, 3.05) is 26.3 Å². The maximum atomic E-state index is 14.0. The molecule has 2 amide bonds. The van der Waals surface area contributed by atoms with Gasteiger partial charge in [-0.1, -0.05) is 44.6 Å². The van der Waals surface area contributed by atoms with Gasteiger partial charge in [0.15, 0.2) is 0 Å². The molecular formula is C24H34N2O5S. The molecule has 0 radical (unpaired) electrons. The van der Waals surface area contributed by atoms with Crippen LogP contribution in [0.5, 0.6) is 0 Å². The molecule has 2 saturated heterocycles. The molecule has 0 saturated carbocycles. The summed E-state index contributed by atoms with van der Waals surface area (Å²) >= 11 is 1.55. The van der Waals surface area contributed by atoms with Crippen LogP contribution in [0, 0.1) is 11.8 Å². The van der Waals surface area contributed by atoms with Gasteiger partial charge in [0.2, 0.25) is 11.8 Å². The van der Waals surface area contributed by atoms with Gasteiger partial charge in [-0.05, 0) is 26.2 Å². The molecule has 0 aromatic rings. The van der Waals surface area contributed by atoms with Gasteiger partial charge >= 0.3 is 5.97 Å². The van der Waals surface area contributed by atoms with Gasteiger partial charge in [0.25, 0.3) is 0 Å². The zero-order valence-electron chi connectivity index (χ0n) is 19.2. The zero-order valence-corrected chi connectivity index (χ0v) is 20.0. The highest BCUT2D eigenvalue weighted by Gasteiger charge is 2.74. The van der Waals surface area contributed by atoms with E-state index in [0.717, 1.165) is 12.8 Å². The Morgan fingerprint density at radius 2 is 1.97 bits per heavy atom. The average Bonchev–Trinajstić information content (AvgIpc) is 3.08. The number of esters is 1. The van der Waals surface area contributed by atoms with Crippen molar-refractivity contribution in [2.24, 2.45) is 11.8 Å². The molecule has 0 aromatic carbocycles. The van der Waals surface area contributed by atoms with E-state index in [2.05, 4.69) is 6.92 Å². The third kappa shape index (κ3) is 3.41. The number of thioether (sulfide) groups is 1. The number of hydrogen-bond acceptors (Lipinski definition) is 6. The first kappa shape index (κ1) is 23.4. The van der Waals surface area contributed by atoms with Crippen LogP contribution in [0.2, 0.25) is 0 Å². The second-order valence-electron chi connectivity index (χ2n) is 9.39. The highest BCUT2D eigenvalue weighted by atomic mass is 32.2. The molecule has 2 fully saturated rings. The summed E-state index contributed by atoms with van der Waals surface area (Å²) in [5.41, 5.74) is 0. The summed E-state index contributed by atoms with van der Waals surface area (Å²) < 4.78 is 4.02. The Labute approximate surface area is 194 Å². The van der Waals surface area contributed by atoms with Crippen LogP contribution in [-0.4, -0.2) is 80.6 Å². The van der Waals surface area contributed by atoms with Crippen LogP contribution < -0.4 is 0 Å². The normalized spacial score (nSPS) is 37.4. The van der Waals surface area contributed by atoms with Crippen molar-refractivity contribution in [3.8, 4) is 0 Å². The fourth-order valence-corrected chi connectivity index (χ4v) is 7.97. The van der Waals surface area contributed by atoms with E-state index in [-0.39, 0.29) is 24.4 Å². The second kappa shape index (κ2) is 8.86. The SMILES string of the molecule is CCCCN1CC=C[C@]23S[C@@]4(C)C=CCCOC(=O)[C@H]4[C@H]2C(=O)N([C@@H](CC)CO)C3C1=O.